The van der Waals surface area contributed by atoms with Gasteiger partial charge in [0, 0.05) is 24.3 Å². The first-order chi connectivity index (χ1) is 9.33. The standard InChI is InChI=1S/C16H15ClN2/c17-16-8-14(12-3-1-5-18-10-12)7-15(9-16)13-4-2-6-19-11-13/h1-5,7-9,11,18-19H,6,10H2. The van der Waals surface area contributed by atoms with Crippen molar-refractivity contribution in [3.63, 3.8) is 0 Å². The number of benzene rings is 1. The lowest BCUT2D eigenvalue weighted by Gasteiger charge is -2.14. The quantitative estimate of drug-likeness (QED) is 0.861. The minimum atomic E-state index is 0.767. The molecule has 2 nitrogen and oxygen atoms in total. The highest BCUT2D eigenvalue weighted by Gasteiger charge is 2.08. The zero-order chi connectivity index (χ0) is 13.1. The SMILES string of the molecule is Clc1cc(C2=CNCC=C2)cc(C2=CC=CNC2)c1. The lowest BCUT2D eigenvalue weighted by Crippen LogP contribution is -2.12. The first-order valence-electron chi connectivity index (χ1n) is 6.33. The first kappa shape index (κ1) is 12.1. The van der Waals surface area contributed by atoms with Crippen molar-refractivity contribution < 1.29 is 0 Å². The maximum Gasteiger partial charge on any atom is 0.0418 e. The molecule has 0 amide bonds. The molecule has 0 saturated carbocycles. The van der Waals surface area contributed by atoms with Crippen molar-refractivity contribution >= 4 is 22.7 Å². The van der Waals surface area contributed by atoms with Crippen LogP contribution in [-0.4, -0.2) is 13.1 Å². The van der Waals surface area contributed by atoms with Gasteiger partial charge in [-0.2, -0.15) is 0 Å². The first-order valence-corrected chi connectivity index (χ1v) is 6.71. The Kier molecular flexibility index (Phi) is 3.43. The Morgan fingerprint density at radius 3 is 2.68 bits per heavy atom. The van der Waals surface area contributed by atoms with Crippen LogP contribution >= 0.6 is 11.6 Å². The van der Waals surface area contributed by atoms with Gasteiger partial charge in [0.05, 0.1) is 0 Å². The molecule has 1 aromatic carbocycles. The molecule has 3 rings (SSSR count). The fraction of sp³-hybridized carbons (Fsp3) is 0.125. The fourth-order valence-corrected chi connectivity index (χ4v) is 2.49. The van der Waals surface area contributed by atoms with Crippen LogP contribution in [0.2, 0.25) is 5.02 Å². The Hall–Kier alpha value is -1.93. The van der Waals surface area contributed by atoms with Crippen LogP contribution in [0.25, 0.3) is 11.1 Å². The van der Waals surface area contributed by atoms with Gasteiger partial charge in [-0.1, -0.05) is 29.8 Å². The van der Waals surface area contributed by atoms with Gasteiger partial charge in [0.15, 0.2) is 0 Å². The lowest BCUT2D eigenvalue weighted by atomic mass is 9.97. The van der Waals surface area contributed by atoms with Crippen LogP contribution in [0.1, 0.15) is 11.1 Å². The van der Waals surface area contributed by atoms with Crippen LogP contribution in [0, 0.1) is 0 Å². The number of dihydropyridines is 2. The average molecular weight is 271 g/mol. The van der Waals surface area contributed by atoms with Crippen LogP contribution in [0.3, 0.4) is 0 Å². The van der Waals surface area contributed by atoms with Crippen LogP contribution in [-0.2, 0) is 0 Å². The minimum Gasteiger partial charge on any atom is -0.387 e. The molecule has 0 radical (unpaired) electrons. The molecule has 0 aromatic heterocycles. The van der Waals surface area contributed by atoms with Crippen molar-refractivity contribution in [1.29, 1.82) is 0 Å². The monoisotopic (exact) mass is 270 g/mol. The number of nitrogens with one attached hydrogen (secondary N) is 2. The maximum absolute atomic E-state index is 6.25. The van der Waals surface area contributed by atoms with Crippen molar-refractivity contribution in [2.45, 2.75) is 0 Å². The second kappa shape index (κ2) is 5.37. The van der Waals surface area contributed by atoms with Gasteiger partial charge in [0.1, 0.15) is 0 Å². The second-order valence-electron chi connectivity index (χ2n) is 4.57. The lowest BCUT2D eigenvalue weighted by molar-refractivity contribution is 0.976. The van der Waals surface area contributed by atoms with E-state index >= 15 is 0 Å². The predicted molar refractivity (Wildman–Crippen MR) is 81.7 cm³/mol. The summed E-state index contributed by atoms with van der Waals surface area (Å²) in [7, 11) is 0. The highest BCUT2D eigenvalue weighted by molar-refractivity contribution is 6.31. The van der Waals surface area contributed by atoms with Gasteiger partial charge >= 0.3 is 0 Å². The van der Waals surface area contributed by atoms with E-state index in [4.69, 9.17) is 11.6 Å². The van der Waals surface area contributed by atoms with E-state index in [1.54, 1.807) is 0 Å². The Labute approximate surface area is 118 Å². The van der Waals surface area contributed by atoms with E-state index in [-0.39, 0.29) is 0 Å². The molecule has 2 N–H and O–H groups in total. The molecule has 0 bridgehead atoms. The summed E-state index contributed by atoms with van der Waals surface area (Å²) in [5.74, 6) is 0. The van der Waals surface area contributed by atoms with E-state index in [0.717, 1.165) is 29.2 Å². The predicted octanol–water partition coefficient (Wildman–Crippen LogP) is 3.34. The Bertz CT molecular complexity index is 609. The second-order valence-corrected chi connectivity index (χ2v) is 5.01. The zero-order valence-corrected chi connectivity index (χ0v) is 11.2. The summed E-state index contributed by atoms with van der Waals surface area (Å²) < 4.78 is 0. The van der Waals surface area contributed by atoms with E-state index in [1.807, 2.05) is 30.6 Å². The number of rotatable bonds is 2. The van der Waals surface area contributed by atoms with Gasteiger partial charge < -0.3 is 10.6 Å². The normalized spacial score (nSPS) is 17.3. The molecule has 96 valence electrons. The molecule has 0 fully saturated rings. The Balaban J connectivity index is 2.00. The van der Waals surface area contributed by atoms with E-state index in [1.165, 1.54) is 11.1 Å². The van der Waals surface area contributed by atoms with Crippen LogP contribution in [0.4, 0.5) is 0 Å². The number of hydrogen-bond acceptors (Lipinski definition) is 2. The van der Waals surface area contributed by atoms with Gasteiger partial charge in [-0.15, -0.1) is 0 Å². The van der Waals surface area contributed by atoms with E-state index in [2.05, 4.69) is 34.9 Å². The van der Waals surface area contributed by atoms with Crippen molar-refractivity contribution in [1.82, 2.24) is 10.6 Å². The smallest absolute Gasteiger partial charge is 0.0418 e. The molecule has 2 aliphatic heterocycles. The molecule has 19 heavy (non-hydrogen) atoms. The molecular weight excluding hydrogens is 256 g/mol. The Morgan fingerprint density at radius 1 is 1.05 bits per heavy atom. The number of allylic oxidation sites excluding steroid dienone is 4. The van der Waals surface area contributed by atoms with Crippen LogP contribution in [0.15, 0.2) is 54.9 Å². The third-order valence-corrected chi connectivity index (χ3v) is 3.41. The molecule has 0 unspecified atom stereocenters. The summed E-state index contributed by atoms with van der Waals surface area (Å²) in [4.78, 5) is 0. The highest BCUT2D eigenvalue weighted by Crippen LogP contribution is 2.27. The van der Waals surface area contributed by atoms with Gasteiger partial charge in [0.2, 0.25) is 0 Å². The van der Waals surface area contributed by atoms with Crippen LogP contribution in [0.5, 0.6) is 0 Å². The van der Waals surface area contributed by atoms with Crippen LogP contribution < -0.4 is 10.6 Å². The minimum absolute atomic E-state index is 0.767. The highest BCUT2D eigenvalue weighted by atomic mass is 35.5. The molecule has 0 aliphatic carbocycles. The van der Waals surface area contributed by atoms with Crippen molar-refractivity contribution in [2.24, 2.45) is 0 Å². The summed E-state index contributed by atoms with van der Waals surface area (Å²) in [5, 5.41) is 7.21. The molecule has 0 spiro atoms. The maximum atomic E-state index is 6.25. The summed E-state index contributed by atoms with van der Waals surface area (Å²) in [5.41, 5.74) is 4.72. The molecule has 3 heteroatoms. The number of halogens is 1. The Morgan fingerprint density at radius 2 is 1.95 bits per heavy atom. The van der Waals surface area contributed by atoms with E-state index in [9.17, 15) is 0 Å². The largest absolute Gasteiger partial charge is 0.387 e. The van der Waals surface area contributed by atoms with E-state index < -0.39 is 0 Å². The van der Waals surface area contributed by atoms with E-state index in [0.29, 0.717) is 0 Å². The molecule has 2 aliphatic rings. The van der Waals surface area contributed by atoms with Gasteiger partial charge in [-0.05, 0) is 52.7 Å². The molecule has 0 atom stereocenters. The molecule has 0 saturated heterocycles. The molecule has 2 heterocycles. The number of hydrogen-bond donors (Lipinski definition) is 2. The summed E-state index contributed by atoms with van der Waals surface area (Å²) in [6.45, 7) is 1.72. The van der Waals surface area contributed by atoms with Gasteiger partial charge in [-0.3, -0.25) is 0 Å². The molecule has 1 aromatic rings. The fourth-order valence-electron chi connectivity index (χ4n) is 2.25. The van der Waals surface area contributed by atoms with Gasteiger partial charge in [-0.25, -0.2) is 0 Å². The van der Waals surface area contributed by atoms with Crippen molar-refractivity contribution in [3.8, 4) is 0 Å². The molecular formula is C16H15ClN2. The third-order valence-electron chi connectivity index (χ3n) is 3.20. The topological polar surface area (TPSA) is 24.1 Å². The third kappa shape index (κ3) is 2.74. The summed E-state index contributed by atoms with van der Waals surface area (Å²) in [6.07, 6.45) is 12.4. The summed E-state index contributed by atoms with van der Waals surface area (Å²) in [6, 6.07) is 6.20. The van der Waals surface area contributed by atoms with Crippen molar-refractivity contribution in [3.05, 3.63) is 71.1 Å². The van der Waals surface area contributed by atoms with Crippen molar-refractivity contribution in [2.75, 3.05) is 13.1 Å². The average Bonchev–Trinajstić information content (AvgIpc) is 2.48. The summed E-state index contributed by atoms with van der Waals surface area (Å²) >= 11 is 6.25. The zero-order valence-electron chi connectivity index (χ0n) is 10.5. The van der Waals surface area contributed by atoms with Gasteiger partial charge in [0.25, 0.3) is 0 Å².